The summed E-state index contributed by atoms with van der Waals surface area (Å²) in [5, 5.41) is 4.32. The van der Waals surface area contributed by atoms with Gasteiger partial charge in [-0.3, -0.25) is 0 Å². The first-order valence-corrected chi connectivity index (χ1v) is 7.64. The first-order valence-electron chi connectivity index (χ1n) is 7.27. The van der Waals surface area contributed by atoms with E-state index < -0.39 is 0 Å². The van der Waals surface area contributed by atoms with Gasteiger partial charge < -0.3 is 10.1 Å². The third-order valence-electron chi connectivity index (χ3n) is 3.35. The molecule has 0 aliphatic carbocycles. The van der Waals surface area contributed by atoms with Crippen LogP contribution in [0.15, 0.2) is 18.2 Å². The molecule has 1 unspecified atom stereocenters. The Morgan fingerprint density at radius 3 is 2.58 bits per heavy atom. The summed E-state index contributed by atoms with van der Waals surface area (Å²) in [6.07, 6.45) is 6.28. The molecular weight excluding hydrogens is 258 g/mol. The van der Waals surface area contributed by atoms with Crippen molar-refractivity contribution >= 4 is 11.6 Å². The highest BCUT2D eigenvalue weighted by Gasteiger charge is 2.07. The van der Waals surface area contributed by atoms with E-state index in [0.717, 1.165) is 12.3 Å². The molecule has 0 saturated heterocycles. The Balaban J connectivity index is 2.50. The lowest BCUT2D eigenvalue weighted by Gasteiger charge is -2.18. The van der Waals surface area contributed by atoms with Gasteiger partial charge in [-0.25, -0.2) is 0 Å². The second-order valence-corrected chi connectivity index (χ2v) is 5.38. The Morgan fingerprint density at radius 1 is 1.21 bits per heavy atom. The van der Waals surface area contributed by atoms with Crippen LogP contribution in [0.5, 0.6) is 5.75 Å². The number of benzene rings is 1. The third kappa shape index (κ3) is 5.84. The van der Waals surface area contributed by atoms with Gasteiger partial charge in [0.15, 0.2) is 0 Å². The van der Waals surface area contributed by atoms with Gasteiger partial charge in [-0.1, -0.05) is 50.8 Å². The van der Waals surface area contributed by atoms with Gasteiger partial charge in [0.2, 0.25) is 0 Å². The summed E-state index contributed by atoms with van der Waals surface area (Å²) in [4.78, 5) is 0. The van der Waals surface area contributed by atoms with Crippen LogP contribution in [0.25, 0.3) is 0 Å². The van der Waals surface area contributed by atoms with Crippen molar-refractivity contribution in [1.82, 2.24) is 5.32 Å². The topological polar surface area (TPSA) is 21.3 Å². The first-order chi connectivity index (χ1) is 9.21. The summed E-state index contributed by atoms with van der Waals surface area (Å²) in [5.41, 5.74) is 1.21. The average Bonchev–Trinajstić information content (AvgIpc) is 2.42. The van der Waals surface area contributed by atoms with Gasteiger partial charge in [0.25, 0.3) is 0 Å². The van der Waals surface area contributed by atoms with E-state index >= 15 is 0 Å². The Labute approximate surface area is 122 Å². The number of methoxy groups -OCH3 is 1. The van der Waals surface area contributed by atoms with Gasteiger partial charge in [0.05, 0.1) is 12.1 Å². The molecular formula is C16H26ClNO. The molecule has 0 aliphatic rings. The summed E-state index contributed by atoms with van der Waals surface area (Å²) in [6.45, 7) is 5.36. The normalized spacial score (nSPS) is 12.4. The number of nitrogens with one attached hydrogen (secondary N) is 1. The molecule has 0 aromatic heterocycles. The van der Waals surface area contributed by atoms with Crippen LogP contribution in [0.2, 0.25) is 5.02 Å². The van der Waals surface area contributed by atoms with E-state index in [1.165, 1.54) is 37.7 Å². The number of rotatable bonds is 9. The van der Waals surface area contributed by atoms with Crippen LogP contribution >= 0.6 is 11.6 Å². The number of halogens is 1. The summed E-state index contributed by atoms with van der Waals surface area (Å²) in [7, 11) is 1.64. The second kappa shape index (κ2) is 9.22. The molecule has 0 fully saturated rings. The lowest BCUT2D eigenvalue weighted by Crippen LogP contribution is -2.28. The van der Waals surface area contributed by atoms with Crippen LogP contribution in [0.3, 0.4) is 0 Å². The molecule has 19 heavy (non-hydrogen) atoms. The molecule has 108 valence electrons. The van der Waals surface area contributed by atoms with Gasteiger partial charge in [0, 0.05) is 12.6 Å². The zero-order valence-corrected chi connectivity index (χ0v) is 13.1. The monoisotopic (exact) mass is 283 g/mol. The van der Waals surface area contributed by atoms with Crippen LogP contribution in [0, 0.1) is 0 Å². The van der Waals surface area contributed by atoms with Gasteiger partial charge in [0.1, 0.15) is 5.75 Å². The number of ether oxygens (including phenoxy) is 1. The van der Waals surface area contributed by atoms with Crippen molar-refractivity contribution < 1.29 is 4.74 Å². The molecule has 0 saturated carbocycles. The van der Waals surface area contributed by atoms with Crippen LogP contribution in [0.1, 0.15) is 51.5 Å². The fraction of sp³-hybridized carbons (Fsp3) is 0.625. The quantitative estimate of drug-likeness (QED) is 0.703. The summed E-state index contributed by atoms with van der Waals surface area (Å²) < 4.78 is 5.16. The smallest absolute Gasteiger partial charge is 0.137 e. The minimum absolute atomic E-state index is 0.617. The maximum Gasteiger partial charge on any atom is 0.137 e. The van der Waals surface area contributed by atoms with E-state index in [9.17, 15) is 0 Å². The molecule has 3 heteroatoms. The molecule has 1 N–H and O–H groups in total. The molecule has 0 amide bonds. The van der Waals surface area contributed by atoms with Gasteiger partial charge in [-0.05, 0) is 30.5 Å². The molecule has 0 spiro atoms. The zero-order valence-electron chi connectivity index (χ0n) is 12.3. The maximum absolute atomic E-state index is 6.14. The predicted octanol–water partition coefficient (Wildman–Crippen LogP) is 4.80. The Kier molecular flexibility index (Phi) is 7.92. The average molecular weight is 284 g/mol. The SMILES string of the molecule is CCCCC(CCC)NCc1ccc(OC)c(Cl)c1. The Hall–Kier alpha value is -0.730. The lowest BCUT2D eigenvalue weighted by atomic mass is 10.0. The van der Waals surface area contributed by atoms with E-state index in [2.05, 4.69) is 25.2 Å². The molecule has 1 aromatic carbocycles. The number of hydrogen-bond acceptors (Lipinski definition) is 2. The summed E-state index contributed by atoms with van der Waals surface area (Å²) >= 11 is 6.14. The van der Waals surface area contributed by atoms with Crippen molar-refractivity contribution in [3.8, 4) is 5.75 Å². The molecule has 0 radical (unpaired) electrons. The Morgan fingerprint density at radius 2 is 2.00 bits per heavy atom. The van der Waals surface area contributed by atoms with Crippen molar-refractivity contribution in [2.24, 2.45) is 0 Å². The second-order valence-electron chi connectivity index (χ2n) is 4.98. The fourth-order valence-electron chi connectivity index (χ4n) is 2.23. The summed E-state index contributed by atoms with van der Waals surface area (Å²) in [5.74, 6) is 0.738. The highest BCUT2D eigenvalue weighted by atomic mass is 35.5. The number of hydrogen-bond donors (Lipinski definition) is 1. The van der Waals surface area contributed by atoms with E-state index in [-0.39, 0.29) is 0 Å². The zero-order chi connectivity index (χ0) is 14.1. The van der Waals surface area contributed by atoms with Crippen LogP contribution < -0.4 is 10.1 Å². The van der Waals surface area contributed by atoms with Crippen molar-refractivity contribution in [3.05, 3.63) is 28.8 Å². The van der Waals surface area contributed by atoms with E-state index in [4.69, 9.17) is 16.3 Å². The fourth-order valence-corrected chi connectivity index (χ4v) is 2.51. The molecule has 1 atom stereocenters. The van der Waals surface area contributed by atoms with Crippen LogP contribution in [-0.4, -0.2) is 13.2 Å². The molecule has 2 nitrogen and oxygen atoms in total. The van der Waals surface area contributed by atoms with Crippen molar-refractivity contribution in [3.63, 3.8) is 0 Å². The van der Waals surface area contributed by atoms with Crippen molar-refractivity contribution in [2.45, 2.75) is 58.5 Å². The largest absolute Gasteiger partial charge is 0.495 e. The van der Waals surface area contributed by atoms with Gasteiger partial charge >= 0.3 is 0 Å². The van der Waals surface area contributed by atoms with E-state index in [0.29, 0.717) is 11.1 Å². The predicted molar refractivity (Wildman–Crippen MR) is 83.1 cm³/mol. The van der Waals surface area contributed by atoms with E-state index in [1.807, 2.05) is 12.1 Å². The molecule has 1 rings (SSSR count). The van der Waals surface area contributed by atoms with Crippen molar-refractivity contribution in [1.29, 1.82) is 0 Å². The van der Waals surface area contributed by atoms with Crippen LogP contribution in [0.4, 0.5) is 0 Å². The molecule has 0 heterocycles. The van der Waals surface area contributed by atoms with E-state index in [1.54, 1.807) is 7.11 Å². The standard InChI is InChI=1S/C16H26ClNO/c1-4-6-8-14(7-5-2)18-12-13-9-10-16(19-3)15(17)11-13/h9-11,14,18H,4-8,12H2,1-3H3. The molecule has 0 aliphatic heterocycles. The highest BCUT2D eigenvalue weighted by Crippen LogP contribution is 2.25. The number of unbranched alkanes of at least 4 members (excludes halogenated alkanes) is 1. The van der Waals surface area contributed by atoms with Crippen LogP contribution in [-0.2, 0) is 6.54 Å². The van der Waals surface area contributed by atoms with Gasteiger partial charge in [-0.15, -0.1) is 0 Å². The highest BCUT2D eigenvalue weighted by molar-refractivity contribution is 6.32. The third-order valence-corrected chi connectivity index (χ3v) is 3.65. The minimum Gasteiger partial charge on any atom is -0.495 e. The molecule has 0 bridgehead atoms. The first kappa shape index (κ1) is 16.3. The summed E-state index contributed by atoms with van der Waals surface area (Å²) in [6, 6.07) is 6.60. The van der Waals surface area contributed by atoms with Crippen molar-refractivity contribution in [2.75, 3.05) is 7.11 Å². The van der Waals surface area contributed by atoms with Gasteiger partial charge in [-0.2, -0.15) is 0 Å². The molecule has 1 aromatic rings. The maximum atomic E-state index is 6.14. The minimum atomic E-state index is 0.617. The Bertz CT molecular complexity index is 368. The lowest BCUT2D eigenvalue weighted by molar-refractivity contribution is 0.414.